The Balaban J connectivity index is 1.87. The van der Waals surface area contributed by atoms with E-state index in [2.05, 4.69) is 22.6 Å². The fourth-order valence-electron chi connectivity index (χ4n) is 2.30. The first-order valence-corrected chi connectivity index (χ1v) is 7.89. The summed E-state index contributed by atoms with van der Waals surface area (Å²) in [6.45, 7) is 4.68. The Hall–Kier alpha value is -1.15. The highest BCUT2D eigenvalue weighted by atomic mass is 127. The van der Waals surface area contributed by atoms with Crippen molar-refractivity contribution < 1.29 is 19.1 Å². The zero-order valence-electron chi connectivity index (χ0n) is 12.0. The maximum atomic E-state index is 12.1. The lowest BCUT2D eigenvalue weighted by molar-refractivity contribution is -0.146. The lowest BCUT2D eigenvalue weighted by Crippen LogP contribution is -2.49. The largest absolute Gasteiger partial charge is 0.452 e. The molecule has 0 aromatic heterocycles. The summed E-state index contributed by atoms with van der Waals surface area (Å²) < 4.78 is 11.6. The monoisotopic (exact) mass is 403 g/mol. The van der Waals surface area contributed by atoms with Gasteiger partial charge in [-0.2, -0.15) is 0 Å². The Labute approximate surface area is 137 Å². The zero-order valence-corrected chi connectivity index (χ0v) is 14.2. The quantitative estimate of drug-likeness (QED) is 0.573. The molecule has 0 aliphatic carbocycles. The van der Waals surface area contributed by atoms with Crippen LogP contribution in [0.4, 0.5) is 0 Å². The summed E-state index contributed by atoms with van der Waals surface area (Å²) in [6, 6.07) is 7.07. The van der Waals surface area contributed by atoms with E-state index >= 15 is 0 Å². The van der Waals surface area contributed by atoms with Crippen molar-refractivity contribution >= 4 is 34.5 Å². The van der Waals surface area contributed by atoms with Crippen LogP contribution in [0.5, 0.6) is 0 Å². The first kappa shape index (κ1) is 16.2. The number of hydrogen-bond donors (Lipinski definition) is 0. The van der Waals surface area contributed by atoms with E-state index in [4.69, 9.17) is 9.47 Å². The highest BCUT2D eigenvalue weighted by Crippen LogP contribution is 2.12. The van der Waals surface area contributed by atoms with Crippen LogP contribution < -0.4 is 0 Å². The molecule has 114 valence electrons. The minimum absolute atomic E-state index is 0.00380. The first-order chi connectivity index (χ1) is 9.95. The molecule has 21 heavy (non-hydrogen) atoms. The topological polar surface area (TPSA) is 55.8 Å². The van der Waals surface area contributed by atoms with Gasteiger partial charge in [0.15, 0.2) is 6.61 Å². The third-order valence-electron chi connectivity index (χ3n) is 3.16. The van der Waals surface area contributed by atoms with E-state index in [0.29, 0.717) is 18.7 Å². The molecule has 0 spiro atoms. The van der Waals surface area contributed by atoms with Gasteiger partial charge in [0.25, 0.3) is 5.91 Å². The molecule has 1 saturated heterocycles. The van der Waals surface area contributed by atoms with Crippen molar-refractivity contribution in [1.82, 2.24) is 4.90 Å². The number of amides is 1. The lowest BCUT2D eigenvalue weighted by Gasteiger charge is -2.35. The molecule has 1 aliphatic rings. The standard InChI is InChI=1S/C15H18INO4/c1-10-7-17(8-11(2)21-10)14(18)9-20-15(19)12-4-3-5-13(16)6-12/h3-6,10-11H,7-9H2,1-2H3/t10-,11-/m0/s1. The summed E-state index contributed by atoms with van der Waals surface area (Å²) in [5.41, 5.74) is 0.457. The molecule has 0 N–H and O–H groups in total. The molecular formula is C15H18INO4. The molecule has 0 unspecified atom stereocenters. The average Bonchev–Trinajstić information content (AvgIpc) is 2.43. The van der Waals surface area contributed by atoms with E-state index in [1.807, 2.05) is 19.9 Å². The summed E-state index contributed by atoms with van der Waals surface area (Å²) >= 11 is 2.12. The van der Waals surface area contributed by atoms with Gasteiger partial charge in [-0.3, -0.25) is 4.79 Å². The third kappa shape index (κ3) is 4.67. The molecule has 1 heterocycles. The summed E-state index contributed by atoms with van der Waals surface area (Å²) in [7, 11) is 0. The van der Waals surface area contributed by atoms with Crippen LogP contribution in [-0.2, 0) is 14.3 Å². The molecule has 2 atom stereocenters. The number of morpholine rings is 1. The van der Waals surface area contributed by atoms with Crippen LogP contribution in [0.15, 0.2) is 24.3 Å². The van der Waals surface area contributed by atoms with Gasteiger partial charge in [0.05, 0.1) is 17.8 Å². The van der Waals surface area contributed by atoms with Gasteiger partial charge in [-0.1, -0.05) is 6.07 Å². The van der Waals surface area contributed by atoms with Crippen molar-refractivity contribution in [2.24, 2.45) is 0 Å². The molecular weight excluding hydrogens is 385 g/mol. The number of carbonyl (C=O) groups is 2. The summed E-state index contributed by atoms with van der Waals surface area (Å²) in [5, 5.41) is 0. The zero-order chi connectivity index (χ0) is 15.4. The number of nitrogens with zero attached hydrogens (tertiary/aromatic N) is 1. The van der Waals surface area contributed by atoms with Crippen molar-refractivity contribution in [3.63, 3.8) is 0 Å². The van der Waals surface area contributed by atoms with Crippen LogP contribution >= 0.6 is 22.6 Å². The summed E-state index contributed by atoms with van der Waals surface area (Å²) in [6.07, 6.45) is 0.00760. The van der Waals surface area contributed by atoms with Crippen molar-refractivity contribution in [3.05, 3.63) is 33.4 Å². The van der Waals surface area contributed by atoms with Gasteiger partial charge >= 0.3 is 5.97 Å². The predicted molar refractivity (Wildman–Crippen MR) is 86.0 cm³/mol. The van der Waals surface area contributed by atoms with Crippen LogP contribution in [0.3, 0.4) is 0 Å². The molecule has 1 aromatic rings. The van der Waals surface area contributed by atoms with Gasteiger partial charge in [0.1, 0.15) is 0 Å². The Morgan fingerprint density at radius 3 is 2.62 bits per heavy atom. The van der Waals surface area contributed by atoms with E-state index in [0.717, 1.165) is 3.57 Å². The average molecular weight is 403 g/mol. The van der Waals surface area contributed by atoms with Crippen LogP contribution in [-0.4, -0.2) is 48.7 Å². The second kappa shape index (κ2) is 7.22. The maximum Gasteiger partial charge on any atom is 0.338 e. The fraction of sp³-hybridized carbons (Fsp3) is 0.467. The highest BCUT2D eigenvalue weighted by Gasteiger charge is 2.26. The fourth-order valence-corrected chi connectivity index (χ4v) is 2.84. The highest BCUT2D eigenvalue weighted by molar-refractivity contribution is 14.1. The van der Waals surface area contributed by atoms with Gasteiger partial charge in [-0.05, 0) is 54.6 Å². The Bertz CT molecular complexity index is 524. The summed E-state index contributed by atoms with van der Waals surface area (Å²) in [5.74, 6) is -0.660. The van der Waals surface area contributed by atoms with Crippen molar-refractivity contribution in [3.8, 4) is 0 Å². The van der Waals surface area contributed by atoms with Gasteiger partial charge in [-0.15, -0.1) is 0 Å². The molecule has 1 aliphatic heterocycles. The number of ether oxygens (including phenoxy) is 2. The van der Waals surface area contributed by atoms with Gasteiger partial charge < -0.3 is 14.4 Å². The molecule has 1 amide bonds. The molecule has 5 nitrogen and oxygen atoms in total. The third-order valence-corrected chi connectivity index (χ3v) is 3.83. The van der Waals surface area contributed by atoms with Crippen LogP contribution in [0, 0.1) is 3.57 Å². The van der Waals surface area contributed by atoms with Crippen molar-refractivity contribution in [2.75, 3.05) is 19.7 Å². The van der Waals surface area contributed by atoms with Gasteiger partial charge in [-0.25, -0.2) is 4.79 Å². The smallest absolute Gasteiger partial charge is 0.338 e. The van der Waals surface area contributed by atoms with Crippen molar-refractivity contribution in [2.45, 2.75) is 26.1 Å². The number of hydrogen-bond acceptors (Lipinski definition) is 4. The second-order valence-corrected chi connectivity index (χ2v) is 6.39. The number of halogens is 1. The van der Waals surface area contributed by atoms with E-state index in [-0.39, 0.29) is 24.7 Å². The van der Waals surface area contributed by atoms with E-state index in [1.165, 1.54) is 0 Å². The molecule has 0 radical (unpaired) electrons. The summed E-state index contributed by atoms with van der Waals surface area (Å²) in [4.78, 5) is 25.7. The predicted octanol–water partition coefficient (Wildman–Crippen LogP) is 2.08. The Morgan fingerprint density at radius 2 is 2.00 bits per heavy atom. The van der Waals surface area contributed by atoms with E-state index in [9.17, 15) is 9.59 Å². The van der Waals surface area contributed by atoms with Gasteiger partial charge in [0, 0.05) is 16.7 Å². The molecule has 0 bridgehead atoms. The number of benzene rings is 1. The molecule has 2 rings (SSSR count). The molecule has 0 saturated carbocycles. The second-order valence-electron chi connectivity index (χ2n) is 5.14. The normalized spacial score (nSPS) is 22.0. The number of esters is 1. The lowest BCUT2D eigenvalue weighted by atomic mass is 10.2. The number of carbonyl (C=O) groups excluding carboxylic acids is 2. The molecule has 6 heteroatoms. The minimum Gasteiger partial charge on any atom is -0.452 e. The SMILES string of the molecule is C[C@H]1CN(C(=O)COC(=O)c2cccc(I)c2)C[C@H](C)O1. The van der Waals surface area contributed by atoms with Crippen LogP contribution in [0.1, 0.15) is 24.2 Å². The van der Waals surface area contributed by atoms with Crippen molar-refractivity contribution in [1.29, 1.82) is 0 Å². The minimum atomic E-state index is -0.476. The number of rotatable bonds is 3. The first-order valence-electron chi connectivity index (χ1n) is 6.81. The molecule has 1 aromatic carbocycles. The van der Waals surface area contributed by atoms with E-state index < -0.39 is 5.97 Å². The van der Waals surface area contributed by atoms with Crippen LogP contribution in [0.25, 0.3) is 0 Å². The maximum absolute atomic E-state index is 12.1. The molecule has 1 fully saturated rings. The Morgan fingerprint density at radius 1 is 1.33 bits per heavy atom. The van der Waals surface area contributed by atoms with Gasteiger partial charge in [0.2, 0.25) is 0 Å². The Kier molecular flexibility index (Phi) is 5.58. The van der Waals surface area contributed by atoms with Crippen LogP contribution in [0.2, 0.25) is 0 Å². The van der Waals surface area contributed by atoms with E-state index in [1.54, 1.807) is 23.1 Å².